The molecule has 5 N–H and O–H groups in total. The summed E-state index contributed by atoms with van der Waals surface area (Å²) >= 11 is 0. The van der Waals surface area contributed by atoms with E-state index in [-0.39, 0.29) is 12.2 Å². The first-order valence-corrected chi connectivity index (χ1v) is 8.07. The zero-order valence-electron chi connectivity index (χ0n) is 11.4. The van der Waals surface area contributed by atoms with Gasteiger partial charge in [-0.05, 0) is 18.6 Å². The molecule has 0 heterocycles. The van der Waals surface area contributed by atoms with Crippen molar-refractivity contribution in [2.45, 2.75) is 12.5 Å². The molecule has 0 spiro atoms. The Bertz CT molecular complexity index is 630. The van der Waals surface area contributed by atoms with Gasteiger partial charge in [0.05, 0.1) is 17.1 Å². The molecule has 0 saturated heterocycles. The summed E-state index contributed by atoms with van der Waals surface area (Å²) in [4.78, 5) is 22.7. The summed E-state index contributed by atoms with van der Waals surface area (Å²) in [5, 5.41) is 13.6. The molecular weight excluding hydrogens is 298 g/mol. The van der Waals surface area contributed by atoms with Crippen LogP contribution in [0, 0.1) is 0 Å². The number of carbonyl (C=O) groups is 2. The normalized spacial score (nSPS) is 12.4. The summed E-state index contributed by atoms with van der Waals surface area (Å²) < 4.78 is 22.1. The number of carboxylic acid groups (broad SMARTS) is 1. The highest BCUT2D eigenvalue weighted by Crippen LogP contribution is 2.16. The number of hydrogen-bond acceptors (Lipinski definition) is 5. The van der Waals surface area contributed by atoms with Crippen LogP contribution < -0.4 is 16.4 Å². The first kappa shape index (κ1) is 16.8. The molecule has 1 atom stereocenters. The quantitative estimate of drug-likeness (QED) is 0.556. The molecule has 0 aliphatic heterocycles. The molecule has 1 aromatic rings. The minimum absolute atomic E-state index is 0.216. The zero-order chi connectivity index (χ0) is 16.0. The van der Waals surface area contributed by atoms with Crippen LogP contribution in [0.4, 0.5) is 16.2 Å². The van der Waals surface area contributed by atoms with Gasteiger partial charge in [0.1, 0.15) is 15.9 Å². The second kappa shape index (κ2) is 6.93. The Morgan fingerprint density at radius 2 is 1.95 bits per heavy atom. The molecule has 0 radical (unpaired) electrons. The van der Waals surface area contributed by atoms with Crippen LogP contribution in [0.3, 0.4) is 0 Å². The van der Waals surface area contributed by atoms with Crippen LogP contribution in [0.1, 0.15) is 6.42 Å². The van der Waals surface area contributed by atoms with Gasteiger partial charge in [0.15, 0.2) is 0 Å². The molecule has 8 nitrogen and oxygen atoms in total. The summed E-state index contributed by atoms with van der Waals surface area (Å²) in [6, 6.07) is 4.41. The number of urea groups is 1. The van der Waals surface area contributed by atoms with Crippen molar-refractivity contribution in [1.82, 2.24) is 5.32 Å². The van der Waals surface area contributed by atoms with Gasteiger partial charge in [-0.15, -0.1) is 0 Å². The average molecular weight is 315 g/mol. The standard InChI is InChI=1S/C12H17N3O5S/c1-21(19,20)7-6-10(11(16)17)15-12(18)14-9-5-3-2-4-8(9)13/h2-5,10H,6-7,13H2,1H3,(H,16,17)(H2,14,15,18). The second-order valence-corrected chi connectivity index (χ2v) is 6.75. The lowest BCUT2D eigenvalue weighted by Gasteiger charge is -2.15. The van der Waals surface area contributed by atoms with E-state index < -0.39 is 27.9 Å². The fraction of sp³-hybridized carbons (Fsp3) is 0.333. The molecule has 2 amide bonds. The van der Waals surface area contributed by atoms with Crippen LogP contribution in [-0.2, 0) is 14.6 Å². The van der Waals surface area contributed by atoms with Crippen molar-refractivity contribution in [2.75, 3.05) is 23.1 Å². The number of anilines is 2. The van der Waals surface area contributed by atoms with Crippen LogP contribution >= 0.6 is 0 Å². The molecule has 1 rings (SSSR count). The van der Waals surface area contributed by atoms with Crippen molar-refractivity contribution in [3.63, 3.8) is 0 Å². The highest BCUT2D eigenvalue weighted by Gasteiger charge is 2.21. The van der Waals surface area contributed by atoms with Gasteiger partial charge >= 0.3 is 12.0 Å². The van der Waals surface area contributed by atoms with E-state index in [9.17, 15) is 18.0 Å². The van der Waals surface area contributed by atoms with Gasteiger partial charge in [-0.1, -0.05) is 12.1 Å². The van der Waals surface area contributed by atoms with Crippen LogP contribution in [0.2, 0.25) is 0 Å². The average Bonchev–Trinajstić information content (AvgIpc) is 2.36. The van der Waals surface area contributed by atoms with Crippen molar-refractivity contribution in [1.29, 1.82) is 0 Å². The largest absolute Gasteiger partial charge is 0.480 e. The topological polar surface area (TPSA) is 139 Å². The number of amides is 2. The summed E-state index contributed by atoms with van der Waals surface area (Å²) in [7, 11) is -3.31. The maximum Gasteiger partial charge on any atom is 0.326 e. The second-order valence-electron chi connectivity index (χ2n) is 4.50. The Balaban J connectivity index is 2.65. The Morgan fingerprint density at radius 1 is 1.33 bits per heavy atom. The van der Waals surface area contributed by atoms with Crippen LogP contribution in [0.15, 0.2) is 24.3 Å². The van der Waals surface area contributed by atoms with Crippen LogP contribution in [0.5, 0.6) is 0 Å². The molecule has 0 aliphatic rings. The molecular formula is C12H17N3O5S. The van der Waals surface area contributed by atoms with Gasteiger partial charge in [0, 0.05) is 6.26 Å². The van der Waals surface area contributed by atoms with Crippen LogP contribution in [-0.4, -0.2) is 43.6 Å². The van der Waals surface area contributed by atoms with Gasteiger partial charge in [-0.25, -0.2) is 18.0 Å². The zero-order valence-corrected chi connectivity index (χ0v) is 12.2. The molecule has 1 unspecified atom stereocenters. The molecule has 1 aromatic carbocycles. The van der Waals surface area contributed by atoms with Crippen molar-refractivity contribution >= 4 is 33.2 Å². The number of benzene rings is 1. The van der Waals surface area contributed by atoms with Crippen molar-refractivity contribution in [3.8, 4) is 0 Å². The SMILES string of the molecule is CS(=O)(=O)CCC(NC(=O)Nc1ccccc1N)C(=O)O. The van der Waals surface area contributed by atoms with Crippen molar-refractivity contribution in [2.24, 2.45) is 0 Å². The summed E-state index contributed by atoms with van der Waals surface area (Å²) in [5.41, 5.74) is 6.30. The summed E-state index contributed by atoms with van der Waals surface area (Å²) in [6.45, 7) is 0. The third-order valence-corrected chi connectivity index (χ3v) is 3.57. The van der Waals surface area contributed by atoms with E-state index in [4.69, 9.17) is 10.8 Å². The lowest BCUT2D eigenvalue weighted by Crippen LogP contribution is -2.44. The predicted molar refractivity (Wildman–Crippen MR) is 78.8 cm³/mol. The number of nitrogens with two attached hydrogens (primary N) is 1. The number of hydrogen-bond donors (Lipinski definition) is 4. The fourth-order valence-corrected chi connectivity index (χ4v) is 2.18. The number of nitrogen functional groups attached to an aromatic ring is 1. The molecule has 0 aliphatic carbocycles. The molecule has 0 bridgehead atoms. The Morgan fingerprint density at radius 3 is 2.48 bits per heavy atom. The molecule has 21 heavy (non-hydrogen) atoms. The van der Waals surface area contributed by atoms with Gasteiger partial charge in [0.2, 0.25) is 0 Å². The Labute approximate surface area is 122 Å². The summed E-state index contributed by atoms with van der Waals surface area (Å²) in [6.07, 6.45) is 0.780. The van der Waals surface area contributed by atoms with E-state index >= 15 is 0 Å². The number of rotatable bonds is 6. The molecule has 0 aromatic heterocycles. The van der Waals surface area contributed by atoms with Gasteiger partial charge in [-0.3, -0.25) is 0 Å². The van der Waals surface area contributed by atoms with Crippen molar-refractivity contribution < 1.29 is 23.1 Å². The van der Waals surface area contributed by atoms with Gasteiger partial charge in [0.25, 0.3) is 0 Å². The Hall–Kier alpha value is -2.29. The third kappa shape index (κ3) is 6.13. The predicted octanol–water partition coefficient (Wildman–Crippen LogP) is 0.278. The Kier molecular flexibility index (Phi) is 5.53. The molecule has 0 fully saturated rings. The van der Waals surface area contributed by atoms with E-state index in [0.717, 1.165) is 6.26 Å². The highest BCUT2D eigenvalue weighted by molar-refractivity contribution is 7.90. The van der Waals surface area contributed by atoms with Crippen molar-refractivity contribution in [3.05, 3.63) is 24.3 Å². The monoisotopic (exact) mass is 315 g/mol. The lowest BCUT2D eigenvalue weighted by molar-refractivity contribution is -0.139. The number of carboxylic acids is 1. The molecule has 116 valence electrons. The van der Waals surface area contributed by atoms with E-state index in [1.165, 1.54) is 0 Å². The third-order valence-electron chi connectivity index (χ3n) is 2.59. The molecule has 9 heteroatoms. The first-order chi connectivity index (χ1) is 9.69. The fourth-order valence-electron chi connectivity index (χ4n) is 1.52. The lowest BCUT2D eigenvalue weighted by atomic mass is 10.2. The maximum absolute atomic E-state index is 11.7. The number of para-hydroxylation sites is 2. The van der Waals surface area contributed by atoms with E-state index in [1.54, 1.807) is 24.3 Å². The smallest absolute Gasteiger partial charge is 0.326 e. The first-order valence-electron chi connectivity index (χ1n) is 6.01. The number of carbonyl (C=O) groups excluding carboxylic acids is 1. The van der Waals surface area contributed by atoms with E-state index in [1.807, 2.05) is 0 Å². The van der Waals surface area contributed by atoms with E-state index in [0.29, 0.717) is 11.4 Å². The van der Waals surface area contributed by atoms with Crippen LogP contribution in [0.25, 0.3) is 0 Å². The number of sulfone groups is 1. The number of aliphatic carboxylic acids is 1. The maximum atomic E-state index is 11.7. The van der Waals surface area contributed by atoms with Gasteiger partial charge < -0.3 is 21.5 Å². The minimum Gasteiger partial charge on any atom is -0.480 e. The molecule has 0 saturated carbocycles. The minimum atomic E-state index is -3.31. The summed E-state index contributed by atoms with van der Waals surface area (Å²) in [5.74, 6) is -1.65. The number of nitrogens with one attached hydrogen (secondary N) is 2. The highest BCUT2D eigenvalue weighted by atomic mass is 32.2. The van der Waals surface area contributed by atoms with E-state index in [2.05, 4.69) is 10.6 Å². The van der Waals surface area contributed by atoms with Gasteiger partial charge in [-0.2, -0.15) is 0 Å².